The Balaban J connectivity index is 2.20. The highest BCUT2D eigenvalue weighted by atomic mass is 32.1. The van der Waals surface area contributed by atoms with Crippen molar-refractivity contribution in [2.45, 2.75) is 5.92 Å². The molecule has 4 heteroatoms. The maximum absolute atomic E-state index is 10.7. The van der Waals surface area contributed by atoms with Crippen molar-refractivity contribution in [3.05, 3.63) is 70.6 Å². The Morgan fingerprint density at radius 1 is 1.30 bits per heavy atom. The summed E-state index contributed by atoms with van der Waals surface area (Å²) in [6.07, 6.45) is 3.88. The number of aliphatic carboxylic acids is 1. The lowest BCUT2D eigenvalue weighted by molar-refractivity contribution is -0.137. The summed E-state index contributed by atoms with van der Waals surface area (Å²) in [5, 5.41) is 10.8. The standard InChI is InChI=1S/C16H17NO2S/c1-17(12-16(18)19)10-9-14(15-8-5-11-20-15)13-6-3-2-4-7-13/h2-11,14H,12H2,1H3,(H,18,19). The molecule has 1 N–H and O–H groups in total. The lowest BCUT2D eigenvalue weighted by Gasteiger charge is -2.15. The molecule has 0 radical (unpaired) electrons. The first kappa shape index (κ1) is 14.3. The van der Waals surface area contributed by atoms with E-state index in [4.69, 9.17) is 5.11 Å². The van der Waals surface area contributed by atoms with Gasteiger partial charge in [0, 0.05) is 17.8 Å². The smallest absolute Gasteiger partial charge is 0.323 e. The van der Waals surface area contributed by atoms with E-state index in [0.717, 1.165) is 0 Å². The highest BCUT2D eigenvalue weighted by Gasteiger charge is 2.12. The van der Waals surface area contributed by atoms with E-state index in [2.05, 4.69) is 23.6 Å². The molecule has 3 nitrogen and oxygen atoms in total. The minimum atomic E-state index is -0.829. The van der Waals surface area contributed by atoms with Crippen LogP contribution in [0.25, 0.3) is 0 Å². The number of hydrogen-bond acceptors (Lipinski definition) is 3. The number of benzene rings is 1. The van der Waals surface area contributed by atoms with Crippen LogP contribution in [0.4, 0.5) is 0 Å². The first-order valence-corrected chi connectivity index (χ1v) is 7.23. The molecule has 0 saturated carbocycles. The summed E-state index contributed by atoms with van der Waals surface area (Å²) in [6, 6.07) is 14.3. The second-order valence-corrected chi connectivity index (χ2v) is 5.53. The SMILES string of the molecule is CN(C=CC(c1ccccc1)c1cccs1)CC(=O)O. The van der Waals surface area contributed by atoms with E-state index in [-0.39, 0.29) is 12.5 Å². The van der Waals surface area contributed by atoms with Gasteiger partial charge in [0.15, 0.2) is 0 Å². The van der Waals surface area contributed by atoms with E-state index in [0.29, 0.717) is 0 Å². The maximum Gasteiger partial charge on any atom is 0.323 e. The number of nitrogens with zero attached hydrogens (tertiary/aromatic N) is 1. The van der Waals surface area contributed by atoms with Gasteiger partial charge >= 0.3 is 5.97 Å². The predicted octanol–water partition coefficient (Wildman–Crippen LogP) is 3.41. The quantitative estimate of drug-likeness (QED) is 0.885. The number of hydrogen-bond donors (Lipinski definition) is 1. The van der Waals surface area contributed by atoms with E-state index >= 15 is 0 Å². The van der Waals surface area contributed by atoms with Crippen LogP contribution in [0.2, 0.25) is 0 Å². The van der Waals surface area contributed by atoms with Crippen LogP contribution in [0.5, 0.6) is 0 Å². The fraction of sp³-hybridized carbons (Fsp3) is 0.188. The Morgan fingerprint density at radius 3 is 2.65 bits per heavy atom. The molecule has 0 bridgehead atoms. The van der Waals surface area contributed by atoms with Crippen molar-refractivity contribution in [1.29, 1.82) is 0 Å². The van der Waals surface area contributed by atoms with Crippen molar-refractivity contribution in [2.24, 2.45) is 0 Å². The summed E-state index contributed by atoms with van der Waals surface area (Å²) >= 11 is 1.71. The van der Waals surface area contributed by atoms with Crippen LogP contribution >= 0.6 is 11.3 Å². The molecule has 1 heterocycles. The van der Waals surface area contributed by atoms with Crippen molar-refractivity contribution in [3.63, 3.8) is 0 Å². The third-order valence-electron chi connectivity index (χ3n) is 2.93. The van der Waals surface area contributed by atoms with Crippen molar-refractivity contribution >= 4 is 17.3 Å². The average molecular weight is 287 g/mol. The van der Waals surface area contributed by atoms with Gasteiger partial charge in [0.05, 0.1) is 0 Å². The summed E-state index contributed by atoms with van der Waals surface area (Å²) in [4.78, 5) is 13.6. The minimum Gasteiger partial charge on any atom is -0.480 e. The fourth-order valence-corrected chi connectivity index (χ4v) is 2.83. The first-order valence-electron chi connectivity index (χ1n) is 6.35. The van der Waals surface area contributed by atoms with E-state index in [1.165, 1.54) is 10.4 Å². The molecule has 0 amide bonds. The molecule has 1 unspecified atom stereocenters. The number of likely N-dealkylation sites (N-methyl/N-ethyl adjacent to an activating group) is 1. The van der Waals surface area contributed by atoms with Crippen LogP contribution in [0.1, 0.15) is 16.4 Å². The third-order valence-corrected chi connectivity index (χ3v) is 3.88. The Kier molecular flexibility index (Phi) is 4.96. The molecule has 0 spiro atoms. The van der Waals surface area contributed by atoms with Gasteiger partial charge in [0.1, 0.15) is 6.54 Å². The zero-order valence-electron chi connectivity index (χ0n) is 11.3. The molecule has 1 aromatic carbocycles. The van der Waals surface area contributed by atoms with Crippen LogP contribution in [-0.4, -0.2) is 29.6 Å². The summed E-state index contributed by atoms with van der Waals surface area (Å²) in [5.74, 6) is -0.669. The van der Waals surface area contributed by atoms with Crippen LogP contribution < -0.4 is 0 Å². The number of carboxylic acid groups (broad SMARTS) is 1. The van der Waals surface area contributed by atoms with Crippen LogP contribution in [-0.2, 0) is 4.79 Å². The van der Waals surface area contributed by atoms with Gasteiger partial charge in [-0.1, -0.05) is 42.5 Å². The average Bonchev–Trinajstić information content (AvgIpc) is 2.93. The summed E-state index contributed by atoms with van der Waals surface area (Å²) < 4.78 is 0. The highest BCUT2D eigenvalue weighted by Crippen LogP contribution is 2.29. The molecule has 0 fully saturated rings. The van der Waals surface area contributed by atoms with Crippen molar-refractivity contribution in [2.75, 3.05) is 13.6 Å². The van der Waals surface area contributed by atoms with Gasteiger partial charge in [-0.15, -0.1) is 11.3 Å². The Labute approximate surface area is 122 Å². The topological polar surface area (TPSA) is 40.5 Å². The van der Waals surface area contributed by atoms with E-state index in [9.17, 15) is 4.79 Å². The van der Waals surface area contributed by atoms with Crippen LogP contribution in [0.3, 0.4) is 0 Å². The zero-order valence-corrected chi connectivity index (χ0v) is 12.1. The summed E-state index contributed by atoms with van der Waals surface area (Å²) in [5.41, 5.74) is 1.20. The van der Waals surface area contributed by atoms with Crippen LogP contribution in [0, 0.1) is 0 Å². The Bertz CT molecular complexity index is 563. The van der Waals surface area contributed by atoms with Gasteiger partial charge in [-0.3, -0.25) is 4.79 Å². The van der Waals surface area contributed by atoms with Gasteiger partial charge in [-0.05, 0) is 23.2 Å². The Hall–Kier alpha value is -2.07. The van der Waals surface area contributed by atoms with E-state index < -0.39 is 5.97 Å². The van der Waals surface area contributed by atoms with Gasteiger partial charge in [-0.25, -0.2) is 0 Å². The lowest BCUT2D eigenvalue weighted by atomic mass is 9.97. The van der Waals surface area contributed by atoms with E-state index in [1.54, 1.807) is 23.3 Å². The zero-order chi connectivity index (χ0) is 14.4. The fourth-order valence-electron chi connectivity index (χ4n) is 2.00. The van der Waals surface area contributed by atoms with E-state index in [1.807, 2.05) is 36.5 Å². The molecule has 1 aromatic heterocycles. The molecule has 104 valence electrons. The molecule has 0 aliphatic rings. The summed E-state index contributed by atoms with van der Waals surface area (Å²) in [6.45, 7) is 0.00243. The molecule has 1 atom stereocenters. The number of allylic oxidation sites excluding steroid dienone is 1. The van der Waals surface area contributed by atoms with Crippen LogP contribution in [0.15, 0.2) is 60.1 Å². The minimum absolute atomic E-state index is 0.00243. The van der Waals surface area contributed by atoms with Gasteiger partial charge in [0.2, 0.25) is 0 Å². The summed E-state index contributed by atoms with van der Waals surface area (Å²) in [7, 11) is 1.76. The van der Waals surface area contributed by atoms with Crippen molar-refractivity contribution < 1.29 is 9.90 Å². The lowest BCUT2D eigenvalue weighted by Crippen LogP contribution is -2.20. The number of rotatable bonds is 6. The Morgan fingerprint density at radius 2 is 2.05 bits per heavy atom. The second-order valence-electron chi connectivity index (χ2n) is 4.55. The molecular weight excluding hydrogens is 270 g/mol. The molecule has 0 aliphatic carbocycles. The second kappa shape index (κ2) is 6.91. The molecule has 0 aliphatic heterocycles. The predicted molar refractivity (Wildman–Crippen MR) is 82.0 cm³/mol. The molecule has 2 rings (SSSR count). The number of carbonyl (C=O) groups is 1. The number of carboxylic acids is 1. The van der Waals surface area contributed by atoms with Gasteiger partial charge in [-0.2, -0.15) is 0 Å². The van der Waals surface area contributed by atoms with Crippen molar-refractivity contribution in [3.8, 4) is 0 Å². The van der Waals surface area contributed by atoms with Gasteiger partial charge in [0.25, 0.3) is 0 Å². The maximum atomic E-state index is 10.7. The molecule has 0 saturated heterocycles. The normalized spacial score (nSPS) is 12.4. The van der Waals surface area contributed by atoms with Gasteiger partial charge < -0.3 is 10.0 Å². The third kappa shape index (κ3) is 3.96. The number of thiophene rings is 1. The monoisotopic (exact) mass is 287 g/mol. The molecule has 2 aromatic rings. The molecular formula is C16H17NO2S. The largest absolute Gasteiger partial charge is 0.480 e. The highest BCUT2D eigenvalue weighted by molar-refractivity contribution is 7.10. The van der Waals surface area contributed by atoms with Crippen molar-refractivity contribution in [1.82, 2.24) is 4.90 Å². The molecule has 20 heavy (non-hydrogen) atoms. The first-order chi connectivity index (χ1) is 9.66.